The Balaban J connectivity index is 1.98. The molecular formula is C19H22N2O5S2. The Bertz CT molecular complexity index is 805. The van der Waals surface area contributed by atoms with Gasteiger partial charge in [-0.15, -0.1) is 0 Å². The number of ether oxygens (including phenoxy) is 1. The van der Waals surface area contributed by atoms with E-state index in [0.29, 0.717) is 9.23 Å². The van der Waals surface area contributed by atoms with Gasteiger partial charge in [0.05, 0.1) is 12.0 Å². The third kappa shape index (κ3) is 5.56. The Hall–Kier alpha value is -2.39. The number of hydrogen-bond acceptors (Lipinski definition) is 6. The molecule has 0 aromatic heterocycles. The van der Waals surface area contributed by atoms with Crippen molar-refractivity contribution in [3.63, 3.8) is 0 Å². The number of carbonyl (C=O) groups is 3. The van der Waals surface area contributed by atoms with Crippen LogP contribution in [0.1, 0.15) is 25.8 Å². The number of thiocarbonyl (C=S) groups is 1. The monoisotopic (exact) mass is 422 g/mol. The van der Waals surface area contributed by atoms with Crippen LogP contribution in [0.4, 0.5) is 0 Å². The third-order valence-electron chi connectivity index (χ3n) is 4.10. The summed E-state index contributed by atoms with van der Waals surface area (Å²) in [4.78, 5) is 37.7. The number of nitrogens with one attached hydrogen (secondary N) is 1. The van der Waals surface area contributed by atoms with E-state index in [-0.39, 0.29) is 24.8 Å². The average Bonchev–Trinajstić information content (AvgIpc) is 2.91. The Labute approximate surface area is 173 Å². The van der Waals surface area contributed by atoms with E-state index in [1.54, 1.807) is 39.2 Å². The highest BCUT2D eigenvalue weighted by Crippen LogP contribution is 2.32. The summed E-state index contributed by atoms with van der Waals surface area (Å²) in [7, 11) is 1.58. The van der Waals surface area contributed by atoms with Crippen molar-refractivity contribution < 1.29 is 24.2 Å². The molecule has 0 radical (unpaired) electrons. The molecule has 0 spiro atoms. The van der Waals surface area contributed by atoms with E-state index in [1.807, 2.05) is 12.1 Å². The predicted octanol–water partition coefficient (Wildman–Crippen LogP) is 2.51. The molecule has 1 aliphatic rings. The quantitative estimate of drug-likeness (QED) is 0.491. The van der Waals surface area contributed by atoms with Crippen LogP contribution in [0.25, 0.3) is 6.08 Å². The minimum absolute atomic E-state index is 0.0290. The van der Waals surface area contributed by atoms with Crippen LogP contribution in [-0.4, -0.2) is 51.8 Å². The lowest BCUT2D eigenvalue weighted by molar-refractivity contribution is -0.143. The van der Waals surface area contributed by atoms with Crippen LogP contribution in [0.5, 0.6) is 5.75 Å². The summed E-state index contributed by atoms with van der Waals surface area (Å²) in [5.74, 6) is -1.31. The van der Waals surface area contributed by atoms with Crippen LogP contribution in [0.3, 0.4) is 0 Å². The summed E-state index contributed by atoms with van der Waals surface area (Å²) in [6.45, 7) is 3.52. The highest BCUT2D eigenvalue weighted by atomic mass is 32.2. The number of aliphatic carboxylic acids is 1. The van der Waals surface area contributed by atoms with E-state index < -0.39 is 17.9 Å². The molecule has 1 aliphatic heterocycles. The van der Waals surface area contributed by atoms with Crippen LogP contribution in [0.15, 0.2) is 29.2 Å². The number of carbonyl (C=O) groups excluding carboxylic acids is 2. The maximum absolute atomic E-state index is 12.6. The molecule has 28 heavy (non-hydrogen) atoms. The predicted molar refractivity (Wildman–Crippen MR) is 112 cm³/mol. The van der Waals surface area contributed by atoms with Crippen LogP contribution in [0, 0.1) is 5.92 Å². The van der Waals surface area contributed by atoms with Gasteiger partial charge in [0.1, 0.15) is 16.1 Å². The molecule has 1 atom stereocenters. The summed E-state index contributed by atoms with van der Waals surface area (Å²) in [6.07, 6.45) is 1.71. The van der Waals surface area contributed by atoms with Gasteiger partial charge in [-0.2, -0.15) is 0 Å². The number of rotatable bonds is 8. The molecule has 0 aliphatic carbocycles. The second kappa shape index (κ2) is 9.70. The van der Waals surface area contributed by atoms with E-state index >= 15 is 0 Å². The zero-order chi connectivity index (χ0) is 20.8. The smallest absolute Gasteiger partial charge is 0.326 e. The zero-order valence-electron chi connectivity index (χ0n) is 15.8. The molecule has 0 saturated carbocycles. The Morgan fingerprint density at radius 3 is 2.50 bits per heavy atom. The summed E-state index contributed by atoms with van der Waals surface area (Å²) in [5.41, 5.74) is 0.834. The molecule has 2 amide bonds. The van der Waals surface area contributed by atoms with Crippen molar-refractivity contribution >= 4 is 52.2 Å². The maximum Gasteiger partial charge on any atom is 0.326 e. The highest BCUT2D eigenvalue weighted by Gasteiger charge is 2.32. The van der Waals surface area contributed by atoms with Crippen LogP contribution in [-0.2, 0) is 14.4 Å². The summed E-state index contributed by atoms with van der Waals surface area (Å²) in [5, 5.41) is 11.6. The lowest BCUT2D eigenvalue weighted by Crippen LogP contribution is -2.45. The van der Waals surface area contributed by atoms with E-state index in [0.717, 1.165) is 11.3 Å². The topological polar surface area (TPSA) is 95.9 Å². The normalized spacial score (nSPS) is 16.6. The van der Waals surface area contributed by atoms with Crippen molar-refractivity contribution in [2.45, 2.75) is 26.3 Å². The fraction of sp³-hybridized carbons (Fsp3) is 0.368. The van der Waals surface area contributed by atoms with E-state index in [9.17, 15) is 14.4 Å². The number of thioether (sulfide) groups is 1. The number of carboxylic acids is 1. The molecule has 1 heterocycles. The van der Waals surface area contributed by atoms with Crippen molar-refractivity contribution in [1.82, 2.24) is 10.2 Å². The van der Waals surface area contributed by atoms with Gasteiger partial charge in [-0.25, -0.2) is 4.79 Å². The molecule has 1 fully saturated rings. The van der Waals surface area contributed by atoms with Gasteiger partial charge < -0.3 is 15.2 Å². The number of methoxy groups -OCH3 is 1. The summed E-state index contributed by atoms with van der Waals surface area (Å²) in [6, 6.07) is 6.29. The minimum atomic E-state index is -1.09. The molecule has 1 saturated heterocycles. The molecule has 9 heteroatoms. The minimum Gasteiger partial charge on any atom is -0.497 e. The van der Waals surface area contributed by atoms with Gasteiger partial charge in [0.2, 0.25) is 5.91 Å². The van der Waals surface area contributed by atoms with Crippen molar-refractivity contribution in [2.24, 2.45) is 5.92 Å². The van der Waals surface area contributed by atoms with Gasteiger partial charge in [0.25, 0.3) is 5.91 Å². The van der Waals surface area contributed by atoms with Crippen molar-refractivity contribution in [1.29, 1.82) is 0 Å². The molecule has 0 bridgehead atoms. The van der Waals surface area contributed by atoms with E-state index in [2.05, 4.69) is 5.32 Å². The molecule has 2 N–H and O–H groups in total. The van der Waals surface area contributed by atoms with Crippen LogP contribution >= 0.6 is 24.0 Å². The molecule has 1 aromatic rings. The van der Waals surface area contributed by atoms with Crippen molar-refractivity contribution in [3.05, 3.63) is 34.7 Å². The molecular weight excluding hydrogens is 400 g/mol. The number of carboxylic acid groups (broad SMARTS) is 1. The van der Waals surface area contributed by atoms with E-state index in [1.165, 1.54) is 16.7 Å². The van der Waals surface area contributed by atoms with Crippen LogP contribution < -0.4 is 10.1 Å². The lowest BCUT2D eigenvalue weighted by atomic mass is 10.0. The van der Waals surface area contributed by atoms with Gasteiger partial charge in [-0.05, 0) is 29.7 Å². The largest absolute Gasteiger partial charge is 0.497 e. The Morgan fingerprint density at radius 2 is 1.96 bits per heavy atom. The SMILES string of the molecule is COc1ccc(/C=C2/SC(=S)N(CCC(=O)NC(C(=O)O)C(C)C)C2=O)cc1. The van der Waals surface area contributed by atoms with Crippen molar-refractivity contribution in [2.75, 3.05) is 13.7 Å². The number of hydrogen-bond donors (Lipinski definition) is 2. The number of amides is 2. The maximum atomic E-state index is 12.6. The fourth-order valence-corrected chi connectivity index (χ4v) is 3.83. The van der Waals surface area contributed by atoms with E-state index in [4.69, 9.17) is 22.1 Å². The second-order valence-electron chi connectivity index (χ2n) is 6.48. The van der Waals surface area contributed by atoms with Gasteiger partial charge in [0.15, 0.2) is 0 Å². The van der Waals surface area contributed by atoms with Gasteiger partial charge >= 0.3 is 5.97 Å². The summed E-state index contributed by atoms with van der Waals surface area (Å²) >= 11 is 6.43. The molecule has 1 aromatic carbocycles. The second-order valence-corrected chi connectivity index (χ2v) is 8.16. The average molecular weight is 423 g/mol. The standard InChI is InChI=1S/C19H22N2O5S2/c1-11(2)16(18(24)25)20-15(22)8-9-21-17(23)14(28-19(21)27)10-12-4-6-13(26-3)7-5-12/h4-7,10-11,16H,8-9H2,1-3H3,(H,20,22)(H,24,25)/b14-10+. The first-order chi connectivity index (χ1) is 13.2. The fourth-order valence-electron chi connectivity index (χ4n) is 2.52. The molecule has 7 nitrogen and oxygen atoms in total. The zero-order valence-corrected chi connectivity index (χ0v) is 17.4. The first-order valence-corrected chi connectivity index (χ1v) is 9.87. The van der Waals surface area contributed by atoms with Gasteiger partial charge in [-0.1, -0.05) is 50.0 Å². The Morgan fingerprint density at radius 1 is 1.32 bits per heavy atom. The number of benzene rings is 1. The van der Waals surface area contributed by atoms with Gasteiger partial charge in [0, 0.05) is 13.0 Å². The molecule has 150 valence electrons. The number of nitrogens with zero attached hydrogens (tertiary/aromatic N) is 1. The molecule has 2 rings (SSSR count). The lowest BCUT2D eigenvalue weighted by Gasteiger charge is -2.19. The summed E-state index contributed by atoms with van der Waals surface area (Å²) < 4.78 is 5.48. The Kier molecular flexibility index (Phi) is 7.59. The first-order valence-electron chi connectivity index (χ1n) is 8.64. The first kappa shape index (κ1) is 21.9. The van der Waals surface area contributed by atoms with Crippen molar-refractivity contribution in [3.8, 4) is 5.75 Å². The molecule has 1 unspecified atom stereocenters. The van der Waals surface area contributed by atoms with Crippen LogP contribution in [0.2, 0.25) is 0 Å². The van der Waals surface area contributed by atoms with Gasteiger partial charge in [-0.3, -0.25) is 14.5 Å². The third-order valence-corrected chi connectivity index (χ3v) is 5.48. The highest BCUT2D eigenvalue weighted by molar-refractivity contribution is 8.26.